The maximum absolute atomic E-state index is 12.7. The summed E-state index contributed by atoms with van der Waals surface area (Å²) in [6, 6.07) is 13.6. The maximum Gasteiger partial charge on any atom is 0.416 e. The van der Waals surface area contributed by atoms with Gasteiger partial charge < -0.3 is 9.47 Å². The molecule has 1 atom stereocenters. The van der Waals surface area contributed by atoms with Crippen LogP contribution < -0.4 is 9.64 Å². The highest BCUT2D eigenvalue weighted by Gasteiger charge is 2.33. The number of alkyl halides is 3. The summed E-state index contributed by atoms with van der Waals surface area (Å²) >= 11 is 0. The number of amides is 1. The fourth-order valence-corrected chi connectivity index (χ4v) is 2.38. The van der Waals surface area contributed by atoms with E-state index in [1.54, 1.807) is 24.3 Å². The average Bonchev–Trinajstić information content (AvgIpc) is 2.94. The van der Waals surface area contributed by atoms with E-state index in [9.17, 15) is 18.0 Å². The normalized spacial score (nSPS) is 17.7. The molecule has 0 spiro atoms. The third-order valence-corrected chi connectivity index (χ3v) is 3.54. The van der Waals surface area contributed by atoms with Gasteiger partial charge in [-0.25, -0.2) is 4.79 Å². The molecule has 1 saturated heterocycles. The molecule has 2 aromatic carbocycles. The Balaban J connectivity index is 1.61. The van der Waals surface area contributed by atoms with Crippen molar-refractivity contribution in [1.29, 1.82) is 0 Å². The van der Waals surface area contributed by atoms with Crippen LogP contribution in [0.15, 0.2) is 54.6 Å². The number of carbonyl (C=O) groups excluding carboxylic acids is 1. The number of benzene rings is 2. The van der Waals surface area contributed by atoms with Crippen LogP contribution in [0, 0.1) is 0 Å². The van der Waals surface area contributed by atoms with Crippen molar-refractivity contribution in [3.63, 3.8) is 0 Å². The molecule has 1 amide bonds. The third kappa shape index (κ3) is 3.61. The quantitative estimate of drug-likeness (QED) is 0.843. The first-order chi connectivity index (χ1) is 11.4. The third-order valence-electron chi connectivity index (χ3n) is 3.54. The zero-order valence-electron chi connectivity index (χ0n) is 12.5. The van der Waals surface area contributed by atoms with Gasteiger partial charge in [0.15, 0.2) is 6.10 Å². The second-order valence-corrected chi connectivity index (χ2v) is 5.29. The molecule has 3 rings (SSSR count). The van der Waals surface area contributed by atoms with E-state index in [1.165, 1.54) is 17.0 Å². The van der Waals surface area contributed by atoms with E-state index < -0.39 is 23.9 Å². The Morgan fingerprint density at radius 1 is 1.12 bits per heavy atom. The number of halogens is 3. The highest BCUT2D eigenvalue weighted by molar-refractivity contribution is 5.89. The summed E-state index contributed by atoms with van der Waals surface area (Å²) in [5.74, 6) is 0.0824. The number of cyclic esters (lactones) is 1. The van der Waals surface area contributed by atoms with Crippen LogP contribution in [0.5, 0.6) is 5.75 Å². The number of ether oxygens (including phenoxy) is 2. The van der Waals surface area contributed by atoms with Crippen molar-refractivity contribution in [2.24, 2.45) is 0 Å². The number of hydrogen-bond acceptors (Lipinski definition) is 3. The van der Waals surface area contributed by atoms with Gasteiger partial charge in [-0.05, 0) is 30.3 Å². The smallest absolute Gasteiger partial charge is 0.416 e. The van der Waals surface area contributed by atoms with Crippen molar-refractivity contribution >= 4 is 11.8 Å². The Morgan fingerprint density at radius 3 is 2.58 bits per heavy atom. The molecule has 0 radical (unpaired) electrons. The van der Waals surface area contributed by atoms with Crippen molar-refractivity contribution in [1.82, 2.24) is 0 Å². The van der Waals surface area contributed by atoms with Crippen molar-refractivity contribution in [3.05, 3.63) is 60.2 Å². The Bertz CT molecular complexity index is 719. The van der Waals surface area contributed by atoms with E-state index in [4.69, 9.17) is 9.47 Å². The molecular weight excluding hydrogens is 323 g/mol. The van der Waals surface area contributed by atoms with Crippen molar-refractivity contribution < 1.29 is 27.4 Å². The predicted octanol–water partition coefficient (Wildman–Crippen LogP) is 4.11. The SMILES string of the molecule is O=C1OC(COc2cccc(C(F)(F)F)c2)CN1c1ccccc1. The molecule has 1 heterocycles. The summed E-state index contributed by atoms with van der Waals surface area (Å²) in [4.78, 5) is 13.3. The van der Waals surface area contributed by atoms with Crippen LogP contribution in [0.2, 0.25) is 0 Å². The minimum atomic E-state index is -4.43. The van der Waals surface area contributed by atoms with Gasteiger partial charge in [0.25, 0.3) is 0 Å². The molecule has 1 unspecified atom stereocenters. The lowest BCUT2D eigenvalue weighted by Crippen LogP contribution is -2.26. The zero-order valence-corrected chi connectivity index (χ0v) is 12.5. The molecule has 126 valence electrons. The van der Waals surface area contributed by atoms with Crippen LogP contribution >= 0.6 is 0 Å². The number of para-hydroxylation sites is 1. The van der Waals surface area contributed by atoms with Crippen molar-refractivity contribution in [2.75, 3.05) is 18.1 Å². The molecule has 0 saturated carbocycles. The highest BCUT2D eigenvalue weighted by Crippen LogP contribution is 2.31. The van der Waals surface area contributed by atoms with E-state index in [-0.39, 0.29) is 18.9 Å². The molecule has 0 bridgehead atoms. The molecule has 2 aromatic rings. The molecule has 0 aliphatic carbocycles. The maximum atomic E-state index is 12.7. The Morgan fingerprint density at radius 2 is 1.88 bits per heavy atom. The van der Waals surface area contributed by atoms with Gasteiger partial charge in [0.05, 0.1) is 12.1 Å². The van der Waals surface area contributed by atoms with E-state index in [2.05, 4.69) is 0 Å². The lowest BCUT2D eigenvalue weighted by atomic mass is 10.2. The second-order valence-electron chi connectivity index (χ2n) is 5.29. The first-order valence-corrected chi connectivity index (χ1v) is 7.27. The van der Waals surface area contributed by atoms with Crippen LogP contribution in [-0.4, -0.2) is 25.3 Å². The Labute approximate surface area is 136 Å². The van der Waals surface area contributed by atoms with E-state index >= 15 is 0 Å². The monoisotopic (exact) mass is 337 g/mol. The van der Waals surface area contributed by atoms with Gasteiger partial charge in [0.1, 0.15) is 12.4 Å². The van der Waals surface area contributed by atoms with Gasteiger partial charge in [-0.2, -0.15) is 13.2 Å². The molecule has 1 aliphatic rings. The van der Waals surface area contributed by atoms with Gasteiger partial charge >= 0.3 is 12.3 Å². The molecule has 4 nitrogen and oxygen atoms in total. The lowest BCUT2D eigenvalue weighted by molar-refractivity contribution is -0.137. The summed E-state index contributed by atoms with van der Waals surface area (Å²) < 4.78 is 48.5. The van der Waals surface area contributed by atoms with E-state index in [0.717, 1.165) is 12.1 Å². The van der Waals surface area contributed by atoms with Crippen LogP contribution in [0.3, 0.4) is 0 Å². The number of carbonyl (C=O) groups is 1. The number of nitrogens with zero attached hydrogens (tertiary/aromatic N) is 1. The minimum Gasteiger partial charge on any atom is -0.490 e. The summed E-state index contributed by atoms with van der Waals surface area (Å²) in [6.07, 6.45) is -5.48. The molecule has 24 heavy (non-hydrogen) atoms. The predicted molar refractivity (Wildman–Crippen MR) is 81.0 cm³/mol. The number of anilines is 1. The zero-order chi connectivity index (χ0) is 17.2. The van der Waals surface area contributed by atoms with Gasteiger partial charge in [-0.15, -0.1) is 0 Å². The second kappa shape index (κ2) is 6.43. The topological polar surface area (TPSA) is 38.8 Å². The van der Waals surface area contributed by atoms with Crippen molar-refractivity contribution in [2.45, 2.75) is 12.3 Å². The molecule has 1 fully saturated rings. The fourth-order valence-electron chi connectivity index (χ4n) is 2.38. The Hall–Kier alpha value is -2.70. The van der Waals surface area contributed by atoms with Crippen LogP contribution in [0.1, 0.15) is 5.56 Å². The number of hydrogen-bond donors (Lipinski definition) is 0. The minimum absolute atomic E-state index is 0.0175. The van der Waals surface area contributed by atoms with Gasteiger partial charge in [-0.1, -0.05) is 24.3 Å². The molecule has 0 aromatic heterocycles. The lowest BCUT2D eigenvalue weighted by Gasteiger charge is -2.13. The molecule has 7 heteroatoms. The molecule has 1 aliphatic heterocycles. The van der Waals surface area contributed by atoms with E-state index in [0.29, 0.717) is 5.69 Å². The molecule has 0 N–H and O–H groups in total. The van der Waals surface area contributed by atoms with Crippen molar-refractivity contribution in [3.8, 4) is 5.75 Å². The van der Waals surface area contributed by atoms with Gasteiger partial charge in [-0.3, -0.25) is 4.90 Å². The van der Waals surface area contributed by atoms with Crippen LogP contribution in [0.25, 0.3) is 0 Å². The van der Waals surface area contributed by atoms with Crippen LogP contribution in [-0.2, 0) is 10.9 Å². The average molecular weight is 337 g/mol. The van der Waals surface area contributed by atoms with Crippen LogP contribution in [0.4, 0.5) is 23.7 Å². The standard InChI is InChI=1S/C17H14F3NO3/c18-17(19,20)12-5-4-8-14(9-12)23-11-15-10-21(16(22)24-15)13-6-2-1-3-7-13/h1-9,15H,10-11H2. The number of rotatable bonds is 4. The van der Waals surface area contributed by atoms with Gasteiger partial charge in [0.2, 0.25) is 0 Å². The van der Waals surface area contributed by atoms with Gasteiger partial charge in [0, 0.05) is 5.69 Å². The fraction of sp³-hybridized carbons (Fsp3) is 0.235. The highest BCUT2D eigenvalue weighted by atomic mass is 19.4. The summed E-state index contributed by atoms with van der Waals surface area (Å²) in [6.45, 7) is 0.262. The first kappa shape index (κ1) is 16.2. The summed E-state index contributed by atoms with van der Waals surface area (Å²) in [5, 5.41) is 0. The summed E-state index contributed by atoms with van der Waals surface area (Å²) in [7, 11) is 0. The largest absolute Gasteiger partial charge is 0.490 e. The molecular formula is C17H14F3NO3. The summed E-state index contributed by atoms with van der Waals surface area (Å²) in [5.41, 5.74) is -0.0848. The first-order valence-electron chi connectivity index (χ1n) is 7.27. The van der Waals surface area contributed by atoms with E-state index in [1.807, 2.05) is 6.07 Å². The Kier molecular flexibility index (Phi) is 4.33.